The molecule has 0 radical (unpaired) electrons. The maximum Gasteiger partial charge on any atom is 0.253 e. The van der Waals surface area contributed by atoms with Crippen LogP contribution in [0.2, 0.25) is 0 Å². The molecule has 2 saturated heterocycles. The van der Waals surface area contributed by atoms with Crippen molar-refractivity contribution in [2.45, 2.75) is 12.8 Å². The molecule has 7 nitrogen and oxygen atoms in total. The molecule has 0 aromatic heterocycles. The van der Waals surface area contributed by atoms with Crippen LogP contribution in [0.15, 0.2) is 24.3 Å². The molecule has 27 heavy (non-hydrogen) atoms. The summed E-state index contributed by atoms with van der Waals surface area (Å²) < 4.78 is 13.0. The highest BCUT2D eigenvalue weighted by Crippen LogP contribution is 2.10. The fourth-order valence-corrected chi connectivity index (χ4v) is 3.40. The van der Waals surface area contributed by atoms with E-state index in [2.05, 4.69) is 5.32 Å². The van der Waals surface area contributed by atoms with E-state index in [-0.39, 0.29) is 36.6 Å². The number of piperazine rings is 1. The summed E-state index contributed by atoms with van der Waals surface area (Å²) in [6.07, 6.45) is 2.06. The van der Waals surface area contributed by atoms with Gasteiger partial charge >= 0.3 is 0 Å². The van der Waals surface area contributed by atoms with Gasteiger partial charge in [-0.25, -0.2) is 4.39 Å². The molecule has 2 heterocycles. The van der Waals surface area contributed by atoms with Crippen LogP contribution < -0.4 is 5.32 Å². The van der Waals surface area contributed by atoms with Gasteiger partial charge in [0.1, 0.15) is 5.82 Å². The molecular weight excluding hydrogens is 351 g/mol. The molecule has 0 spiro atoms. The number of halogens is 1. The third-order valence-corrected chi connectivity index (χ3v) is 5.01. The highest BCUT2D eigenvalue weighted by Gasteiger charge is 2.24. The first-order valence-electron chi connectivity index (χ1n) is 9.34. The second-order valence-corrected chi connectivity index (χ2v) is 6.94. The van der Waals surface area contributed by atoms with E-state index in [0.29, 0.717) is 31.7 Å². The molecule has 0 atom stereocenters. The number of rotatable bonds is 5. The minimum Gasteiger partial charge on any atom is -0.346 e. The molecule has 146 valence electrons. The molecule has 1 aromatic rings. The zero-order valence-corrected chi connectivity index (χ0v) is 15.3. The summed E-state index contributed by atoms with van der Waals surface area (Å²) in [4.78, 5) is 41.9. The summed E-state index contributed by atoms with van der Waals surface area (Å²) in [7, 11) is 0. The fraction of sp³-hybridized carbons (Fsp3) is 0.526. The predicted molar refractivity (Wildman–Crippen MR) is 97.6 cm³/mol. The molecule has 2 aliphatic rings. The van der Waals surface area contributed by atoms with E-state index in [1.54, 1.807) is 9.80 Å². The second-order valence-electron chi connectivity index (χ2n) is 6.94. The number of carbonyl (C=O) groups is 3. The Hall–Kier alpha value is -2.48. The minimum atomic E-state index is -0.370. The van der Waals surface area contributed by atoms with Gasteiger partial charge in [-0.2, -0.15) is 0 Å². The van der Waals surface area contributed by atoms with Crippen LogP contribution in [0.3, 0.4) is 0 Å². The Bertz CT molecular complexity index is 681. The monoisotopic (exact) mass is 376 g/mol. The van der Waals surface area contributed by atoms with Crippen molar-refractivity contribution in [3.05, 3.63) is 35.6 Å². The van der Waals surface area contributed by atoms with Gasteiger partial charge < -0.3 is 15.1 Å². The maximum atomic E-state index is 13.0. The Balaban J connectivity index is 1.38. The van der Waals surface area contributed by atoms with Crippen molar-refractivity contribution in [1.82, 2.24) is 20.0 Å². The third kappa shape index (κ3) is 5.26. The lowest BCUT2D eigenvalue weighted by Gasteiger charge is -2.34. The van der Waals surface area contributed by atoms with Crippen LogP contribution >= 0.6 is 0 Å². The van der Waals surface area contributed by atoms with Gasteiger partial charge in [0.15, 0.2) is 0 Å². The van der Waals surface area contributed by atoms with Crippen molar-refractivity contribution in [3.63, 3.8) is 0 Å². The smallest absolute Gasteiger partial charge is 0.253 e. The van der Waals surface area contributed by atoms with Crippen molar-refractivity contribution >= 4 is 17.7 Å². The topological polar surface area (TPSA) is 73.0 Å². The summed E-state index contributed by atoms with van der Waals surface area (Å²) in [6, 6.07) is 5.51. The van der Waals surface area contributed by atoms with Gasteiger partial charge in [0.05, 0.1) is 13.1 Å². The molecule has 0 unspecified atom stereocenters. The van der Waals surface area contributed by atoms with Gasteiger partial charge in [-0.15, -0.1) is 0 Å². The summed E-state index contributed by atoms with van der Waals surface area (Å²) in [5.74, 6) is -0.711. The molecule has 0 saturated carbocycles. The Labute approximate surface area is 158 Å². The predicted octanol–water partition coefficient (Wildman–Crippen LogP) is 0.322. The summed E-state index contributed by atoms with van der Waals surface area (Å²) in [6.45, 7) is 4.00. The van der Waals surface area contributed by atoms with Crippen molar-refractivity contribution < 1.29 is 18.8 Å². The van der Waals surface area contributed by atoms with Crippen LogP contribution in [0.4, 0.5) is 4.39 Å². The highest BCUT2D eigenvalue weighted by molar-refractivity contribution is 5.94. The number of likely N-dealkylation sites (tertiary alicyclic amines) is 1. The Kier molecular flexibility index (Phi) is 6.39. The normalized spacial score (nSPS) is 17.8. The van der Waals surface area contributed by atoms with Crippen LogP contribution in [0.25, 0.3) is 0 Å². The Morgan fingerprint density at radius 2 is 1.52 bits per heavy atom. The van der Waals surface area contributed by atoms with E-state index < -0.39 is 0 Å². The number of benzene rings is 1. The molecule has 1 aromatic carbocycles. The quantitative estimate of drug-likeness (QED) is 0.804. The van der Waals surface area contributed by atoms with Crippen LogP contribution in [-0.2, 0) is 9.59 Å². The lowest BCUT2D eigenvalue weighted by Crippen LogP contribution is -2.51. The summed E-state index contributed by atoms with van der Waals surface area (Å²) in [5, 5.41) is 2.68. The molecular formula is C19H25FN4O3. The molecule has 2 fully saturated rings. The second kappa shape index (κ2) is 8.94. The van der Waals surface area contributed by atoms with Gasteiger partial charge in [-0.05, 0) is 37.1 Å². The van der Waals surface area contributed by atoms with Gasteiger partial charge in [0, 0.05) is 44.8 Å². The average molecular weight is 376 g/mol. The van der Waals surface area contributed by atoms with Crippen molar-refractivity contribution in [3.8, 4) is 0 Å². The highest BCUT2D eigenvalue weighted by atomic mass is 19.1. The molecule has 3 rings (SSSR count). The number of hydrogen-bond donors (Lipinski definition) is 1. The lowest BCUT2D eigenvalue weighted by molar-refractivity contribution is -0.132. The Morgan fingerprint density at radius 3 is 2.15 bits per heavy atom. The summed E-state index contributed by atoms with van der Waals surface area (Å²) >= 11 is 0. The van der Waals surface area contributed by atoms with Gasteiger partial charge in [0.25, 0.3) is 5.91 Å². The van der Waals surface area contributed by atoms with Crippen LogP contribution in [0, 0.1) is 5.82 Å². The maximum absolute atomic E-state index is 13.0. The minimum absolute atomic E-state index is 0.0319. The van der Waals surface area contributed by atoms with Crippen LogP contribution in [0.1, 0.15) is 23.2 Å². The van der Waals surface area contributed by atoms with Crippen molar-refractivity contribution in [2.24, 2.45) is 0 Å². The molecule has 3 amide bonds. The first-order valence-corrected chi connectivity index (χ1v) is 9.34. The van der Waals surface area contributed by atoms with E-state index >= 15 is 0 Å². The van der Waals surface area contributed by atoms with Crippen molar-refractivity contribution in [2.75, 3.05) is 52.4 Å². The molecule has 0 bridgehead atoms. The zero-order valence-electron chi connectivity index (χ0n) is 15.3. The Morgan fingerprint density at radius 1 is 0.889 bits per heavy atom. The first kappa shape index (κ1) is 19.3. The number of nitrogens with zero attached hydrogens (tertiary/aromatic N) is 3. The SMILES string of the molecule is O=C(CN1CCN(C(=O)c2ccc(F)cc2)CC1)NCC(=O)N1CCCC1. The fourth-order valence-electron chi connectivity index (χ4n) is 3.40. The number of amides is 3. The van der Waals surface area contributed by atoms with E-state index in [1.165, 1.54) is 24.3 Å². The number of hydrogen-bond acceptors (Lipinski definition) is 4. The van der Waals surface area contributed by atoms with Gasteiger partial charge in [-0.1, -0.05) is 0 Å². The van der Waals surface area contributed by atoms with Gasteiger partial charge in [0.2, 0.25) is 11.8 Å². The summed E-state index contributed by atoms with van der Waals surface area (Å²) in [5.41, 5.74) is 0.461. The van der Waals surface area contributed by atoms with Gasteiger partial charge in [-0.3, -0.25) is 19.3 Å². The lowest BCUT2D eigenvalue weighted by atomic mass is 10.2. The van der Waals surface area contributed by atoms with E-state index in [0.717, 1.165) is 25.9 Å². The number of nitrogens with one attached hydrogen (secondary N) is 1. The van der Waals surface area contributed by atoms with E-state index in [1.807, 2.05) is 4.90 Å². The largest absolute Gasteiger partial charge is 0.346 e. The van der Waals surface area contributed by atoms with Crippen LogP contribution in [0.5, 0.6) is 0 Å². The molecule has 2 aliphatic heterocycles. The first-order chi connectivity index (χ1) is 13.0. The van der Waals surface area contributed by atoms with E-state index in [9.17, 15) is 18.8 Å². The standard InChI is InChI=1S/C19H25FN4O3/c20-16-5-3-15(4-6-16)19(27)24-11-9-22(10-12-24)14-17(25)21-13-18(26)23-7-1-2-8-23/h3-6H,1-2,7-14H2,(H,21,25). The molecule has 0 aliphatic carbocycles. The van der Waals surface area contributed by atoms with E-state index in [4.69, 9.17) is 0 Å². The number of carbonyl (C=O) groups excluding carboxylic acids is 3. The average Bonchev–Trinajstić information content (AvgIpc) is 3.22. The van der Waals surface area contributed by atoms with Crippen molar-refractivity contribution in [1.29, 1.82) is 0 Å². The van der Waals surface area contributed by atoms with Crippen LogP contribution in [-0.4, -0.2) is 84.8 Å². The third-order valence-electron chi connectivity index (χ3n) is 5.01. The molecule has 1 N–H and O–H groups in total. The zero-order chi connectivity index (χ0) is 19.2. The molecule has 8 heteroatoms.